The second-order valence-corrected chi connectivity index (χ2v) is 9.78. The largest absolute Gasteiger partial charge is 0.294 e. The summed E-state index contributed by atoms with van der Waals surface area (Å²) in [7, 11) is 0. The van der Waals surface area contributed by atoms with Gasteiger partial charge in [0.15, 0.2) is 0 Å². The van der Waals surface area contributed by atoms with E-state index in [9.17, 15) is 9.18 Å². The molecular weight excluding hydrogens is 437 g/mol. The van der Waals surface area contributed by atoms with E-state index in [1.807, 2.05) is 12.1 Å². The van der Waals surface area contributed by atoms with E-state index in [-0.39, 0.29) is 17.8 Å². The van der Waals surface area contributed by atoms with Gasteiger partial charge in [-0.3, -0.25) is 9.69 Å². The van der Waals surface area contributed by atoms with Gasteiger partial charge in [-0.05, 0) is 79.6 Å². The predicted molar refractivity (Wildman–Crippen MR) is 138 cm³/mol. The minimum atomic E-state index is -0.272. The molecule has 0 saturated carbocycles. The summed E-state index contributed by atoms with van der Waals surface area (Å²) >= 11 is 0. The highest BCUT2D eigenvalue weighted by molar-refractivity contribution is 6.03. The molecular formula is C30H32FN3O. The Morgan fingerprint density at radius 3 is 2.34 bits per heavy atom. The topological polar surface area (TPSA) is 35.9 Å². The van der Waals surface area contributed by atoms with Gasteiger partial charge in [0, 0.05) is 6.42 Å². The number of likely N-dealkylation sites (tertiary alicyclic amines) is 1. The summed E-state index contributed by atoms with van der Waals surface area (Å²) in [5.74, 6) is 0.418. The number of halogens is 1. The van der Waals surface area contributed by atoms with Crippen molar-refractivity contribution in [1.29, 1.82) is 0 Å². The minimum absolute atomic E-state index is 0.0249. The van der Waals surface area contributed by atoms with Crippen molar-refractivity contribution in [3.05, 3.63) is 107 Å². The van der Waals surface area contributed by atoms with Crippen LogP contribution in [0.2, 0.25) is 0 Å². The van der Waals surface area contributed by atoms with E-state index in [0.29, 0.717) is 18.9 Å². The van der Waals surface area contributed by atoms with E-state index < -0.39 is 0 Å². The number of rotatable bonds is 6. The lowest BCUT2D eigenvalue weighted by molar-refractivity contribution is -0.134. The first kappa shape index (κ1) is 23.4. The third kappa shape index (κ3) is 5.51. The van der Waals surface area contributed by atoms with Gasteiger partial charge in [-0.15, -0.1) is 0 Å². The van der Waals surface area contributed by atoms with Crippen LogP contribution in [0.15, 0.2) is 84.0 Å². The van der Waals surface area contributed by atoms with Gasteiger partial charge in [-0.1, -0.05) is 66.7 Å². The van der Waals surface area contributed by atoms with Gasteiger partial charge in [0.25, 0.3) is 5.91 Å². The molecule has 0 unspecified atom stereocenters. The number of nitrogens with zero attached hydrogens (tertiary/aromatic N) is 3. The lowest BCUT2D eigenvalue weighted by Gasteiger charge is -2.33. The summed E-state index contributed by atoms with van der Waals surface area (Å²) in [5.41, 5.74) is 5.34. The maximum atomic E-state index is 13.5. The Balaban J connectivity index is 1.28. The van der Waals surface area contributed by atoms with Crippen molar-refractivity contribution in [3.8, 4) is 0 Å². The maximum absolute atomic E-state index is 13.5. The van der Waals surface area contributed by atoms with Crippen LogP contribution in [0.3, 0.4) is 0 Å². The third-order valence-corrected chi connectivity index (χ3v) is 7.32. The number of aryl methyl sites for hydroxylation is 1. The molecule has 0 aromatic heterocycles. The zero-order valence-electron chi connectivity index (χ0n) is 20.2. The summed E-state index contributed by atoms with van der Waals surface area (Å²) in [5, 5.41) is 6.45. The number of hydrogen-bond donors (Lipinski definition) is 0. The van der Waals surface area contributed by atoms with Crippen molar-refractivity contribution in [2.75, 3.05) is 19.6 Å². The molecule has 0 N–H and O–H groups in total. The molecule has 5 heteroatoms. The van der Waals surface area contributed by atoms with Crippen molar-refractivity contribution in [2.45, 2.75) is 38.6 Å². The summed E-state index contributed by atoms with van der Waals surface area (Å²) in [4.78, 5) is 15.8. The van der Waals surface area contributed by atoms with Crippen LogP contribution < -0.4 is 0 Å². The average Bonchev–Trinajstić information content (AvgIpc) is 3.32. The number of carbonyl (C=O) groups excluding carboxylic acids is 1. The molecule has 1 atom stereocenters. The Morgan fingerprint density at radius 1 is 0.943 bits per heavy atom. The standard InChI is InChI=1S/C30H32FN3O/c1-22-7-5-6-10-27(22)29-20-28(25-11-13-26(31)14-12-25)32-34(29)30(35)21-33-17-15-24(16-18-33)19-23-8-3-2-4-9-23/h2-14,24,29H,15-21H2,1H3/t29-/m0/s1. The summed E-state index contributed by atoms with van der Waals surface area (Å²) in [6.45, 7) is 4.31. The van der Waals surface area contributed by atoms with Gasteiger partial charge < -0.3 is 0 Å². The van der Waals surface area contributed by atoms with Gasteiger partial charge in [-0.2, -0.15) is 5.10 Å². The molecule has 5 rings (SSSR count). The molecule has 2 aliphatic rings. The molecule has 2 heterocycles. The second-order valence-electron chi connectivity index (χ2n) is 9.78. The van der Waals surface area contributed by atoms with E-state index in [0.717, 1.165) is 54.8 Å². The Hall–Kier alpha value is -3.31. The van der Waals surface area contributed by atoms with Gasteiger partial charge in [-0.25, -0.2) is 9.40 Å². The van der Waals surface area contributed by atoms with Gasteiger partial charge >= 0.3 is 0 Å². The highest BCUT2D eigenvalue weighted by atomic mass is 19.1. The van der Waals surface area contributed by atoms with E-state index in [1.165, 1.54) is 17.7 Å². The highest BCUT2D eigenvalue weighted by Gasteiger charge is 2.35. The molecule has 0 bridgehead atoms. The lowest BCUT2D eigenvalue weighted by Crippen LogP contribution is -2.42. The Bertz CT molecular complexity index is 1180. The summed E-state index contributed by atoms with van der Waals surface area (Å²) < 4.78 is 13.5. The Kier molecular flexibility index (Phi) is 7.05. The quantitative estimate of drug-likeness (QED) is 0.460. The molecule has 4 nitrogen and oxygen atoms in total. The number of hydrazone groups is 1. The number of carbonyl (C=O) groups is 1. The second kappa shape index (κ2) is 10.5. The summed E-state index contributed by atoms with van der Waals surface area (Å²) in [6.07, 6.45) is 3.94. The van der Waals surface area contributed by atoms with Crippen molar-refractivity contribution in [1.82, 2.24) is 9.91 Å². The molecule has 2 aliphatic heterocycles. The average molecular weight is 470 g/mol. The van der Waals surface area contributed by atoms with Crippen LogP contribution in [0.1, 0.15) is 47.6 Å². The first-order valence-corrected chi connectivity index (χ1v) is 12.5. The summed E-state index contributed by atoms with van der Waals surface area (Å²) in [6, 6.07) is 25.1. The van der Waals surface area contributed by atoms with Crippen LogP contribution in [0.4, 0.5) is 4.39 Å². The number of amides is 1. The zero-order chi connectivity index (χ0) is 24.2. The zero-order valence-corrected chi connectivity index (χ0v) is 20.2. The molecule has 1 fully saturated rings. The Labute approximate surface area is 207 Å². The van der Waals surface area contributed by atoms with Crippen LogP contribution in [0, 0.1) is 18.7 Å². The fraction of sp³-hybridized carbons (Fsp3) is 0.333. The van der Waals surface area contributed by atoms with Crippen LogP contribution in [-0.4, -0.2) is 41.2 Å². The molecule has 3 aromatic carbocycles. The molecule has 1 amide bonds. The van der Waals surface area contributed by atoms with Crippen molar-refractivity contribution in [3.63, 3.8) is 0 Å². The molecule has 35 heavy (non-hydrogen) atoms. The van der Waals surface area contributed by atoms with Crippen LogP contribution in [0.25, 0.3) is 0 Å². The number of benzene rings is 3. The van der Waals surface area contributed by atoms with Crippen LogP contribution in [0.5, 0.6) is 0 Å². The molecule has 0 spiro atoms. The van der Waals surface area contributed by atoms with Crippen LogP contribution in [-0.2, 0) is 11.2 Å². The molecule has 0 aliphatic carbocycles. The lowest BCUT2D eigenvalue weighted by atomic mass is 9.90. The first-order valence-electron chi connectivity index (χ1n) is 12.5. The monoisotopic (exact) mass is 469 g/mol. The van der Waals surface area contributed by atoms with E-state index in [4.69, 9.17) is 5.10 Å². The van der Waals surface area contributed by atoms with Crippen molar-refractivity contribution < 1.29 is 9.18 Å². The highest BCUT2D eigenvalue weighted by Crippen LogP contribution is 2.34. The molecule has 0 radical (unpaired) electrons. The molecule has 180 valence electrons. The van der Waals surface area contributed by atoms with E-state index in [2.05, 4.69) is 54.3 Å². The van der Waals surface area contributed by atoms with Gasteiger partial charge in [0.05, 0.1) is 18.3 Å². The first-order chi connectivity index (χ1) is 17.1. The predicted octanol–water partition coefficient (Wildman–Crippen LogP) is 5.77. The Morgan fingerprint density at radius 2 is 1.63 bits per heavy atom. The maximum Gasteiger partial charge on any atom is 0.257 e. The van der Waals surface area contributed by atoms with Crippen LogP contribution >= 0.6 is 0 Å². The van der Waals surface area contributed by atoms with Gasteiger partial charge in [0.2, 0.25) is 0 Å². The number of hydrogen-bond acceptors (Lipinski definition) is 3. The van der Waals surface area contributed by atoms with Crippen molar-refractivity contribution >= 4 is 11.6 Å². The molecule has 1 saturated heterocycles. The number of piperidine rings is 1. The van der Waals surface area contributed by atoms with Gasteiger partial charge in [0.1, 0.15) is 5.82 Å². The smallest absolute Gasteiger partial charge is 0.257 e. The normalized spacial score (nSPS) is 19.1. The third-order valence-electron chi connectivity index (χ3n) is 7.32. The fourth-order valence-electron chi connectivity index (χ4n) is 5.32. The SMILES string of the molecule is Cc1ccccc1[C@@H]1CC(c2ccc(F)cc2)=NN1C(=O)CN1CCC(Cc2ccccc2)CC1. The minimum Gasteiger partial charge on any atom is -0.294 e. The van der Waals surface area contributed by atoms with Crippen molar-refractivity contribution in [2.24, 2.45) is 11.0 Å². The van der Waals surface area contributed by atoms with E-state index in [1.54, 1.807) is 17.1 Å². The fourth-order valence-corrected chi connectivity index (χ4v) is 5.32. The molecule has 3 aromatic rings. The van der Waals surface area contributed by atoms with E-state index >= 15 is 0 Å².